The first-order valence-electron chi connectivity index (χ1n) is 8.70. The zero-order valence-electron chi connectivity index (χ0n) is 15.4. The number of ether oxygens (including phenoxy) is 1. The molecule has 0 aliphatic heterocycles. The quantitative estimate of drug-likeness (QED) is 0.543. The number of carbonyl (C=O) groups excluding carboxylic acids is 3. The van der Waals surface area contributed by atoms with E-state index in [0.29, 0.717) is 5.56 Å². The van der Waals surface area contributed by atoms with Gasteiger partial charge in [-0.15, -0.1) is 0 Å². The van der Waals surface area contributed by atoms with Crippen molar-refractivity contribution in [2.45, 2.75) is 32.0 Å². The number of aromatic hydroxyl groups is 1. The van der Waals surface area contributed by atoms with Crippen LogP contribution in [0.3, 0.4) is 0 Å². The number of hydrogen-bond donors (Lipinski definition) is 4. The van der Waals surface area contributed by atoms with Gasteiger partial charge in [-0.25, -0.2) is 4.79 Å². The van der Waals surface area contributed by atoms with E-state index >= 15 is 0 Å². The number of carbonyl (C=O) groups is 3. The Hall–Kier alpha value is -3.55. The number of rotatable bonds is 8. The van der Waals surface area contributed by atoms with E-state index in [1.54, 1.807) is 12.1 Å². The van der Waals surface area contributed by atoms with Crippen LogP contribution >= 0.6 is 0 Å². The lowest BCUT2D eigenvalue weighted by Gasteiger charge is -2.19. The van der Waals surface area contributed by atoms with Crippen molar-refractivity contribution in [1.82, 2.24) is 10.6 Å². The van der Waals surface area contributed by atoms with Crippen LogP contribution in [0, 0.1) is 0 Å². The van der Waals surface area contributed by atoms with Gasteiger partial charge in [-0.3, -0.25) is 9.59 Å². The molecule has 0 bridgehead atoms. The Bertz CT molecular complexity index is 808. The molecular formula is C20H23N3O5. The number of amides is 3. The highest BCUT2D eigenvalue weighted by molar-refractivity contribution is 5.90. The number of alkyl carbamates (subject to hydrolysis) is 1. The first-order chi connectivity index (χ1) is 13.3. The summed E-state index contributed by atoms with van der Waals surface area (Å²) in [6.45, 7) is 1.55. The molecule has 2 atom stereocenters. The molecule has 2 aromatic rings. The minimum Gasteiger partial charge on any atom is -0.508 e. The lowest BCUT2D eigenvalue weighted by molar-refractivity contribution is -0.128. The van der Waals surface area contributed by atoms with E-state index in [4.69, 9.17) is 10.5 Å². The Labute approximate surface area is 162 Å². The molecule has 0 saturated carbocycles. The van der Waals surface area contributed by atoms with E-state index in [2.05, 4.69) is 10.6 Å². The molecule has 0 saturated heterocycles. The third kappa shape index (κ3) is 6.64. The fraction of sp³-hybridized carbons (Fsp3) is 0.250. The Morgan fingerprint density at radius 2 is 1.64 bits per heavy atom. The highest BCUT2D eigenvalue weighted by Crippen LogP contribution is 2.11. The smallest absolute Gasteiger partial charge is 0.408 e. The van der Waals surface area contributed by atoms with Gasteiger partial charge in [-0.05, 0) is 30.2 Å². The summed E-state index contributed by atoms with van der Waals surface area (Å²) >= 11 is 0. The van der Waals surface area contributed by atoms with Crippen LogP contribution in [-0.2, 0) is 27.4 Å². The predicted octanol–water partition coefficient (Wildman–Crippen LogP) is 1.22. The third-order valence-electron chi connectivity index (χ3n) is 3.98. The topological polar surface area (TPSA) is 131 Å². The number of nitrogens with one attached hydrogen (secondary N) is 2. The molecule has 2 unspecified atom stereocenters. The predicted molar refractivity (Wildman–Crippen MR) is 102 cm³/mol. The normalized spacial score (nSPS) is 12.5. The molecule has 28 heavy (non-hydrogen) atoms. The summed E-state index contributed by atoms with van der Waals surface area (Å²) in [7, 11) is 0. The molecule has 3 amide bonds. The number of primary amides is 1. The van der Waals surface area contributed by atoms with Crippen molar-refractivity contribution < 1.29 is 24.2 Å². The highest BCUT2D eigenvalue weighted by atomic mass is 16.5. The summed E-state index contributed by atoms with van der Waals surface area (Å²) in [5.41, 5.74) is 6.89. The summed E-state index contributed by atoms with van der Waals surface area (Å²) in [5.74, 6) is -1.19. The zero-order valence-corrected chi connectivity index (χ0v) is 15.4. The number of nitrogens with two attached hydrogens (primary N) is 1. The molecule has 2 aromatic carbocycles. The molecule has 0 aliphatic carbocycles. The van der Waals surface area contributed by atoms with Gasteiger partial charge >= 0.3 is 6.09 Å². The first kappa shape index (κ1) is 20.8. The molecule has 0 heterocycles. The van der Waals surface area contributed by atoms with Gasteiger partial charge in [0.25, 0.3) is 0 Å². The van der Waals surface area contributed by atoms with E-state index < -0.39 is 30.0 Å². The van der Waals surface area contributed by atoms with Crippen LogP contribution in [0.5, 0.6) is 5.75 Å². The largest absolute Gasteiger partial charge is 0.508 e. The molecule has 0 aliphatic rings. The van der Waals surface area contributed by atoms with Gasteiger partial charge < -0.3 is 26.2 Å². The standard InChI is InChI=1S/C20H23N3O5/c1-13(22-20(27)28-12-15-5-3-2-4-6-15)19(26)23-17(18(21)25)11-14-7-9-16(24)10-8-14/h2-10,13,17,24H,11-12H2,1H3,(H2,21,25)(H,22,27)(H,23,26). The minimum atomic E-state index is -0.957. The van der Waals surface area contributed by atoms with Crippen molar-refractivity contribution in [3.8, 4) is 5.75 Å². The number of phenols is 1. The van der Waals surface area contributed by atoms with Gasteiger partial charge in [0, 0.05) is 6.42 Å². The maximum atomic E-state index is 12.3. The fourth-order valence-electron chi connectivity index (χ4n) is 2.39. The van der Waals surface area contributed by atoms with Crippen LogP contribution in [0.25, 0.3) is 0 Å². The third-order valence-corrected chi connectivity index (χ3v) is 3.98. The van der Waals surface area contributed by atoms with Crippen molar-refractivity contribution in [2.75, 3.05) is 0 Å². The van der Waals surface area contributed by atoms with Crippen LogP contribution in [0.1, 0.15) is 18.1 Å². The lowest BCUT2D eigenvalue weighted by Crippen LogP contribution is -2.52. The van der Waals surface area contributed by atoms with Crippen molar-refractivity contribution >= 4 is 17.9 Å². The van der Waals surface area contributed by atoms with E-state index in [-0.39, 0.29) is 18.8 Å². The highest BCUT2D eigenvalue weighted by Gasteiger charge is 2.23. The first-order valence-corrected chi connectivity index (χ1v) is 8.70. The molecule has 0 fully saturated rings. The molecule has 8 nitrogen and oxygen atoms in total. The molecule has 2 rings (SSSR count). The summed E-state index contributed by atoms with van der Waals surface area (Å²) in [6.07, 6.45) is -0.590. The van der Waals surface area contributed by atoms with Crippen LogP contribution in [0.4, 0.5) is 4.79 Å². The molecule has 0 radical (unpaired) electrons. The Morgan fingerprint density at radius 1 is 1.00 bits per heavy atom. The summed E-state index contributed by atoms with van der Waals surface area (Å²) in [6, 6.07) is 13.4. The molecule has 0 aromatic heterocycles. The molecular weight excluding hydrogens is 362 g/mol. The average molecular weight is 385 g/mol. The number of hydrogen-bond acceptors (Lipinski definition) is 5. The van der Waals surface area contributed by atoms with Crippen LogP contribution < -0.4 is 16.4 Å². The van der Waals surface area contributed by atoms with Crippen molar-refractivity contribution in [2.24, 2.45) is 5.73 Å². The van der Waals surface area contributed by atoms with E-state index in [9.17, 15) is 19.5 Å². The second kappa shape index (κ2) is 9.96. The van der Waals surface area contributed by atoms with Gasteiger partial charge in [0.2, 0.25) is 11.8 Å². The van der Waals surface area contributed by atoms with Crippen LogP contribution in [0.2, 0.25) is 0 Å². The summed E-state index contributed by atoms with van der Waals surface area (Å²) in [4.78, 5) is 35.8. The second-order valence-corrected chi connectivity index (χ2v) is 6.26. The van der Waals surface area contributed by atoms with E-state index in [0.717, 1.165) is 5.56 Å². The monoisotopic (exact) mass is 385 g/mol. The molecule has 0 spiro atoms. The number of phenolic OH excluding ortho intramolecular Hbond substituents is 1. The van der Waals surface area contributed by atoms with E-state index in [1.807, 2.05) is 30.3 Å². The Morgan fingerprint density at radius 3 is 2.25 bits per heavy atom. The van der Waals surface area contributed by atoms with E-state index in [1.165, 1.54) is 19.1 Å². The molecule has 8 heteroatoms. The molecule has 148 valence electrons. The Balaban J connectivity index is 1.85. The number of benzene rings is 2. The van der Waals surface area contributed by atoms with Crippen LogP contribution in [0.15, 0.2) is 54.6 Å². The van der Waals surface area contributed by atoms with Crippen molar-refractivity contribution in [3.63, 3.8) is 0 Å². The summed E-state index contributed by atoms with van der Waals surface area (Å²) < 4.78 is 5.06. The van der Waals surface area contributed by atoms with Gasteiger partial charge in [-0.2, -0.15) is 0 Å². The fourth-order valence-corrected chi connectivity index (χ4v) is 2.39. The van der Waals surface area contributed by atoms with Crippen LogP contribution in [-0.4, -0.2) is 35.1 Å². The van der Waals surface area contributed by atoms with Gasteiger partial charge in [0.1, 0.15) is 24.4 Å². The maximum Gasteiger partial charge on any atom is 0.408 e. The van der Waals surface area contributed by atoms with Gasteiger partial charge in [0.15, 0.2) is 0 Å². The van der Waals surface area contributed by atoms with Crippen molar-refractivity contribution in [3.05, 3.63) is 65.7 Å². The summed E-state index contributed by atoms with van der Waals surface area (Å²) in [5, 5.41) is 14.2. The SMILES string of the molecule is CC(NC(=O)OCc1ccccc1)C(=O)NC(Cc1ccc(O)cc1)C(N)=O. The lowest BCUT2D eigenvalue weighted by atomic mass is 10.0. The van der Waals surface area contributed by atoms with Gasteiger partial charge in [0.05, 0.1) is 0 Å². The molecule has 5 N–H and O–H groups in total. The minimum absolute atomic E-state index is 0.0752. The second-order valence-electron chi connectivity index (χ2n) is 6.26. The average Bonchev–Trinajstić information content (AvgIpc) is 2.68. The zero-order chi connectivity index (χ0) is 20.5. The van der Waals surface area contributed by atoms with Gasteiger partial charge in [-0.1, -0.05) is 42.5 Å². The Kier molecular flexibility index (Phi) is 7.38. The van der Waals surface area contributed by atoms with Crippen molar-refractivity contribution in [1.29, 1.82) is 0 Å². The maximum absolute atomic E-state index is 12.3.